The summed E-state index contributed by atoms with van der Waals surface area (Å²) >= 11 is 7.71. The molecule has 0 bridgehead atoms. The molecule has 1 aliphatic rings. The summed E-state index contributed by atoms with van der Waals surface area (Å²) in [5, 5.41) is 11.4. The molecule has 2 aromatic heterocycles. The van der Waals surface area contributed by atoms with Gasteiger partial charge in [0.15, 0.2) is 0 Å². The molecule has 5 heteroatoms. The predicted molar refractivity (Wildman–Crippen MR) is 123 cm³/mol. The molecule has 4 rings (SSSR count). The Kier molecular flexibility index (Phi) is 6.64. The lowest BCUT2D eigenvalue weighted by molar-refractivity contribution is 0.377. The summed E-state index contributed by atoms with van der Waals surface area (Å²) in [5.74, 6) is 1.38. The molecular formula is C25H27ClO3S. The average Bonchev–Trinajstić information content (AvgIpc) is 3.43. The third kappa shape index (κ3) is 5.35. The van der Waals surface area contributed by atoms with Crippen molar-refractivity contribution in [1.82, 2.24) is 0 Å². The van der Waals surface area contributed by atoms with Gasteiger partial charge in [-0.2, -0.15) is 0 Å². The first-order valence-corrected chi connectivity index (χ1v) is 11.9. The maximum absolute atomic E-state index is 12.8. The molecule has 30 heavy (non-hydrogen) atoms. The van der Waals surface area contributed by atoms with Crippen LogP contribution in [0.1, 0.15) is 65.2 Å². The molecule has 1 aliphatic carbocycles. The molecule has 3 aromatic rings. The van der Waals surface area contributed by atoms with Gasteiger partial charge in [0.25, 0.3) is 0 Å². The summed E-state index contributed by atoms with van der Waals surface area (Å²) < 4.78 is 5.77. The van der Waals surface area contributed by atoms with Crippen LogP contribution in [0.2, 0.25) is 5.02 Å². The Balaban J connectivity index is 1.56. The van der Waals surface area contributed by atoms with Gasteiger partial charge in [0.2, 0.25) is 0 Å². The molecule has 3 nitrogen and oxygen atoms in total. The summed E-state index contributed by atoms with van der Waals surface area (Å²) in [6.45, 7) is 2.15. The van der Waals surface area contributed by atoms with E-state index in [9.17, 15) is 9.90 Å². The average molecular weight is 443 g/mol. The maximum Gasteiger partial charge on any atom is 0.343 e. The van der Waals surface area contributed by atoms with Crippen molar-refractivity contribution in [1.29, 1.82) is 0 Å². The molecule has 0 aliphatic heterocycles. The number of hydrogen-bond acceptors (Lipinski definition) is 4. The van der Waals surface area contributed by atoms with E-state index in [0.717, 1.165) is 36.1 Å². The van der Waals surface area contributed by atoms with Gasteiger partial charge < -0.3 is 9.52 Å². The number of hydrogen-bond donors (Lipinski definition) is 1. The molecule has 0 amide bonds. The molecular weight excluding hydrogens is 416 g/mol. The molecule has 158 valence electrons. The smallest absolute Gasteiger partial charge is 0.343 e. The van der Waals surface area contributed by atoms with E-state index in [2.05, 4.69) is 13.0 Å². The number of halogens is 1. The Morgan fingerprint density at radius 2 is 1.90 bits per heavy atom. The Labute approximate surface area is 186 Å². The lowest BCUT2D eigenvalue weighted by Crippen LogP contribution is -2.13. The fourth-order valence-electron chi connectivity index (χ4n) is 3.92. The van der Waals surface area contributed by atoms with Crippen LogP contribution in [0.15, 0.2) is 51.7 Å². The van der Waals surface area contributed by atoms with Crippen LogP contribution in [0.5, 0.6) is 5.75 Å². The molecule has 0 saturated heterocycles. The van der Waals surface area contributed by atoms with Gasteiger partial charge in [-0.15, -0.1) is 11.3 Å². The number of aryl methyl sites for hydroxylation is 1. The topological polar surface area (TPSA) is 50.4 Å². The molecule has 0 radical (unpaired) electrons. The minimum Gasteiger partial charge on any atom is -0.507 e. The maximum atomic E-state index is 12.8. The van der Waals surface area contributed by atoms with Crippen LogP contribution < -0.4 is 5.63 Å². The molecule has 1 saturated carbocycles. The summed E-state index contributed by atoms with van der Waals surface area (Å²) in [5.41, 5.74) is 1.07. The largest absolute Gasteiger partial charge is 0.507 e. The number of rotatable bonds is 9. The van der Waals surface area contributed by atoms with Crippen LogP contribution in [-0.2, 0) is 19.3 Å². The van der Waals surface area contributed by atoms with Crippen molar-refractivity contribution in [3.8, 4) is 5.75 Å². The van der Waals surface area contributed by atoms with Gasteiger partial charge >= 0.3 is 5.63 Å². The van der Waals surface area contributed by atoms with Crippen molar-refractivity contribution in [2.24, 2.45) is 5.92 Å². The van der Waals surface area contributed by atoms with E-state index in [4.69, 9.17) is 16.0 Å². The second-order valence-corrected chi connectivity index (χ2v) is 9.99. The standard InChI is InChI=1S/C25H27ClO3S/c1-2-3-20-10-11-21(30-20)14-22-23(27)15-24(29-25(22)28)18(12-16-4-5-16)13-17-6-8-19(26)9-7-17/h6-11,15-16,18,27H,2-5,12-14H2,1H3. The van der Waals surface area contributed by atoms with Crippen molar-refractivity contribution in [3.05, 3.63) is 84.5 Å². The van der Waals surface area contributed by atoms with Crippen LogP contribution >= 0.6 is 22.9 Å². The van der Waals surface area contributed by atoms with Crippen LogP contribution in [0.25, 0.3) is 0 Å². The molecule has 1 aromatic carbocycles. The van der Waals surface area contributed by atoms with E-state index in [1.165, 1.54) is 17.7 Å². The third-order valence-corrected chi connectivity index (χ3v) is 7.12. The number of aromatic hydroxyl groups is 1. The monoisotopic (exact) mass is 442 g/mol. The third-order valence-electron chi connectivity index (χ3n) is 5.72. The zero-order valence-electron chi connectivity index (χ0n) is 17.2. The van der Waals surface area contributed by atoms with Crippen molar-refractivity contribution in [3.63, 3.8) is 0 Å². The summed E-state index contributed by atoms with van der Waals surface area (Å²) in [6.07, 6.45) is 6.73. The number of benzene rings is 1. The van der Waals surface area contributed by atoms with Crippen molar-refractivity contribution in [2.45, 2.75) is 57.8 Å². The molecule has 0 spiro atoms. The van der Waals surface area contributed by atoms with E-state index in [0.29, 0.717) is 28.7 Å². The molecule has 1 fully saturated rings. The quantitative estimate of drug-likeness (QED) is 0.399. The van der Waals surface area contributed by atoms with Gasteiger partial charge in [-0.1, -0.05) is 49.9 Å². The highest BCUT2D eigenvalue weighted by molar-refractivity contribution is 7.12. The van der Waals surface area contributed by atoms with Gasteiger partial charge in [0.1, 0.15) is 11.5 Å². The van der Waals surface area contributed by atoms with Crippen molar-refractivity contribution >= 4 is 22.9 Å². The summed E-state index contributed by atoms with van der Waals surface area (Å²) in [7, 11) is 0. The molecule has 1 unspecified atom stereocenters. The van der Waals surface area contributed by atoms with E-state index >= 15 is 0 Å². The van der Waals surface area contributed by atoms with Crippen LogP contribution in [0, 0.1) is 5.92 Å². The lowest BCUT2D eigenvalue weighted by atomic mass is 9.91. The first-order chi connectivity index (χ1) is 14.5. The van der Waals surface area contributed by atoms with Gasteiger partial charge in [0.05, 0.1) is 5.56 Å². The van der Waals surface area contributed by atoms with E-state index in [1.807, 2.05) is 30.3 Å². The fourth-order valence-corrected chi connectivity index (χ4v) is 5.18. The first kappa shape index (κ1) is 21.2. The van der Waals surface area contributed by atoms with Crippen LogP contribution in [0.3, 0.4) is 0 Å². The minimum absolute atomic E-state index is 0.0450. The number of thiophene rings is 1. The van der Waals surface area contributed by atoms with Crippen LogP contribution in [0.4, 0.5) is 0 Å². The highest BCUT2D eigenvalue weighted by atomic mass is 35.5. The predicted octanol–water partition coefficient (Wildman–Crippen LogP) is 6.73. The molecule has 2 heterocycles. The van der Waals surface area contributed by atoms with E-state index in [-0.39, 0.29) is 11.7 Å². The highest BCUT2D eigenvalue weighted by Gasteiger charge is 2.29. The minimum atomic E-state index is -0.424. The Bertz CT molecular complexity index is 1050. The Morgan fingerprint density at radius 1 is 1.17 bits per heavy atom. The molecule has 1 atom stereocenters. The van der Waals surface area contributed by atoms with E-state index < -0.39 is 5.63 Å². The fraction of sp³-hybridized carbons (Fsp3) is 0.400. The van der Waals surface area contributed by atoms with E-state index in [1.54, 1.807) is 17.4 Å². The van der Waals surface area contributed by atoms with Crippen molar-refractivity contribution in [2.75, 3.05) is 0 Å². The highest BCUT2D eigenvalue weighted by Crippen LogP contribution is 2.40. The zero-order chi connectivity index (χ0) is 21.1. The van der Waals surface area contributed by atoms with Crippen molar-refractivity contribution < 1.29 is 9.52 Å². The SMILES string of the molecule is CCCc1ccc(Cc2c(O)cc(C(Cc3ccc(Cl)cc3)CC3CC3)oc2=O)s1. The van der Waals surface area contributed by atoms with Gasteiger partial charge in [-0.05, 0) is 55.0 Å². The Morgan fingerprint density at radius 3 is 2.57 bits per heavy atom. The normalized spacial score (nSPS) is 14.7. The molecule has 1 N–H and O–H groups in total. The van der Waals surface area contributed by atoms with Crippen LogP contribution in [-0.4, -0.2) is 5.11 Å². The zero-order valence-corrected chi connectivity index (χ0v) is 18.8. The summed E-state index contributed by atoms with van der Waals surface area (Å²) in [4.78, 5) is 15.1. The first-order valence-electron chi connectivity index (χ1n) is 10.7. The van der Waals surface area contributed by atoms with Gasteiger partial charge in [-0.25, -0.2) is 4.79 Å². The van der Waals surface area contributed by atoms with Gasteiger partial charge in [-0.3, -0.25) is 0 Å². The van der Waals surface area contributed by atoms with Gasteiger partial charge in [0, 0.05) is 33.2 Å². The Hall–Kier alpha value is -2.04. The second-order valence-electron chi connectivity index (χ2n) is 8.30. The summed E-state index contributed by atoms with van der Waals surface area (Å²) in [6, 6.07) is 13.6. The lowest BCUT2D eigenvalue weighted by Gasteiger charge is -2.17. The second kappa shape index (κ2) is 9.40.